The predicted octanol–water partition coefficient (Wildman–Crippen LogP) is 0.577. The summed E-state index contributed by atoms with van der Waals surface area (Å²) < 4.78 is 7.47. The third-order valence-electron chi connectivity index (χ3n) is 3.51. The van der Waals surface area contributed by atoms with E-state index in [0.29, 0.717) is 28.0 Å². The third kappa shape index (κ3) is 3.98. The van der Waals surface area contributed by atoms with Crippen LogP contribution in [0.2, 0.25) is 0 Å². The summed E-state index contributed by atoms with van der Waals surface area (Å²) in [7, 11) is 1.58. The highest BCUT2D eigenvalue weighted by molar-refractivity contribution is 7.07. The second kappa shape index (κ2) is 8.31. The highest BCUT2D eigenvalue weighted by atomic mass is 32.1. The number of ether oxygens (including phenoxy) is 1. The first-order valence-corrected chi connectivity index (χ1v) is 8.65. The zero-order chi connectivity index (χ0) is 18.4. The van der Waals surface area contributed by atoms with Gasteiger partial charge in [0.1, 0.15) is 16.5 Å². The number of methoxy groups -OCH3 is 1. The summed E-state index contributed by atoms with van der Waals surface area (Å²) in [4.78, 5) is 24.7. The number of thiazole rings is 1. The molecule has 0 radical (unpaired) electrons. The van der Waals surface area contributed by atoms with Crippen LogP contribution in [0.1, 0.15) is 19.4 Å². The largest absolute Gasteiger partial charge is 0.497 e. The molecule has 130 valence electrons. The van der Waals surface area contributed by atoms with E-state index in [1.165, 1.54) is 4.57 Å². The van der Waals surface area contributed by atoms with Crippen LogP contribution in [-0.4, -0.2) is 24.1 Å². The lowest BCUT2D eigenvalue weighted by molar-refractivity contribution is -0.115. The van der Waals surface area contributed by atoms with Crippen molar-refractivity contribution >= 4 is 28.9 Å². The number of nitrogens with zero attached hydrogens (tertiary/aromatic N) is 2. The number of carbonyl (C=O) groups excluding carboxylic acids is 1. The van der Waals surface area contributed by atoms with Gasteiger partial charge in [-0.3, -0.25) is 14.2 Å². The van der Waals surface area contributed by atoms with Gasteiger partial charge in [-0.1, -0.05) is 12.1 Å². The Hall–Kier alpha value is -2.85. The van der Waals surface area contributed by atoms with E-state index in [-0.39, 0.29) is 11.1 Å². The first-order chi connectivity index (χ1) is 12.0. The monoisotopic (exact) mass is 357 g/mol. The summed E-state index contributed by atoms with van der Waals surface area (Å²) >= 11 is 1.14. The maximum absolute atomic E-state index is 12.6. The standard InChI is InChI=1S/C18H19N3O3S/c1-4-20-16(22)14(11-19)18-21(5-2)17(23)15(25-18)10-12-7-6-8-13(9-12)24-3/h6-10H,4-5H2,1-3H3,(H,20,22). The van der Waals surface area contributed by atoms with Crippen LogP contribution in [0.25, 0.3) is 11.6 Å². The lowest BCUT2D eigenvalue weighted by Gasteiger charge is -2.00. The Morgan fingerprint density at radius 2 is 2.20 bits per heavy atom. The van der Waals surface area contributed by atoms with Crippen LogP contribution >= 0.6 is 11.3 Å². The molecule has 0 saturated heterocycles. The maximum atomic E-state index is 12.6. The van der Waals surface area contributed by atoms with Crippen molar-refractivity contribution in [2.24, 2.45) is 0 Å². The van der Waals surface area contributed by atoms with E-state index < -0.39 is 5.91 Å². The zero-order valence-electron chi connectivity index (χ0n) is 14.3. The Kier molecular flexibility index (Phi) is 6.14. The van der Waals surface area contributed by atoms with Crippen LogP contribution in [0.3, 0.4) is 0 Å². The zero-order valence-corrected chi connectivity index (χ0v) is 15.1. The minimum atomic E-state index is -0.471. The number of hydrogen-bond donors (Lipinski definition) is 1. The fourth-order valence-corrected chi connectivity index (χ4v) is 3.48. The van der Waals surface area contributed by atoms with Crippen molar-refractivity contribution in [3.63, 3.8) is 0 Å². The van der Waals surface area contributed by atoms with Crippen LogP contribution in [0.5, 0.6) is 5.75 Å². The minimum absolute atomic E-state index is 0.0453. The van der Waals surface area contributed by atoms with Crippen molar-refractivity contribution in [2.75, 3.05) is 13.7 Å². The van der Waals surface area contributed by atoms with E-state index in [1.54, 1.807) is 27.0 Å². The Bertz CT molecular complexity index is 996. The van der Waals surface area contributed by atoms with Crippen molar-refractivity contribution in [1.82, 2.24) is 9.88 Å². The molecule has 0 saturated carbocycles. The van der Waals surface area contributed by atoms with Crippen LogP contribution in [-0.2, 0) is 11.3 Å². The Morgan fingerprint density at radius 3 is 2.80 bits per heavy atom. The molecule has 2 aromatic rings. The van der Waals surface area contributed by atoms with E-state index in [0.717, 1.165) is 16.9 Å². The Balaban J connectivity index is 2.73. The lowest BCUT2D eigenvalue weighted by Crippen LogP contribution is -2.34. The molecule has 0 unspecified atom stereocenters. The first-order valence-electron chi connectivity index (χ1n) is 7.83. The van der Waals surface area contributed by atoms with Crippen LogP contribution < -0.4 is 24.8 Å². The van der Waals surface area contributed by atoms with Gasteiger partial charge in [0, 0.05) is 13.1 Å². The van der Waals surface area contributed by atoms with E-state index in [1.807, 2.05) is 30.3 Å². The summed E-state index contributed by atoms with van der Waals surface area (Å²) in [6.07, 6.45) is 1.73. The molecule has 7 heteroatoms. The molecule has 0 bridgehead atoms. The maximum Gasteiger partial charge on any atom is 0.269 e. The molecule has 1 amide bonds. The molecule has 1 N–H and O–H groups in total. The summed E-state index contributed by atoms with van der Waals surface area (Å²) in [5.74, 6) is 0.217. The summed E-state index contributed by atoms with van der Waals surface area (Å²) in [5.41, 5.74) is 0.544. The van der Waals surface area contributed by atoms with E-state index in [2.05, 4.69) is 5.32 Å². The molecule has 2 rings (SSSR count). The molecule has 1 aromatic carbocycles. The molecule has 6 nitrogen and oxygen atoms in total. The van der Waals surface area contributed by atoms with Crippen LogP contribution in [0, 0.1) is 11.3 Å². The van der Waals surface area contributed by atoms with Gasteiger partial charge in [0.2, 0.25) is 0 Å². The highest BCUT2D eigenvalue weighted by Gasteiger charge is 2.14. The lowest BCUT2D eigenvalue weighted by atomic mass is 10.2. The Labute approximate surface area is 149 Å². The molecule has 25 heavy (non-hydrogen) atoms. The summed E-state index contributed by atoms with van der Waals surface area (Å²) in [6, 6.07) is 9.24. The number of amides is 1. The average Bonchev–Trinajstić information content (AvgIpc) is 2.91. The number of nitriles is 1. The quantitative estimate of drug-likeness (QED) is 0.848. The van der Waals surface area contributed by atoms with Crippen molar-refractivity contribution < 1.29 is 9.53 Å². The first kappa shape index (κ1) is 18.5. The minimum Gasteiger partial charge on any atom is -0.497 e. The van der Waals surface area contributed by atoms with Gasteiger partial charge in [0.15, 0.2) is 5.57 Å². The number of hydrogen-bond acceptors (Lipinski definition) is 5. The summed E-state index contributed by atoms with van der Waals surface area (Å²) in [5, 5.41) is 12.0. The smallest absolute Gasteiger partial charge is 0.269 e. The van der Waals surface area contributed by atoms with Crippen LogP contribution in [0.4, 0.5) is 0 Å². The molecule has 0 aliphatic carbocycles. The molecule has 0 atom stereocenters. The van der Waals surface area contributed by atoms with Gasteiger partial charge in [-0.15, -0.1) is 11.3 Å². The topological polar surface area (TPSA) is 84.1 Å². The van der Waals surface area contributed by atoms with Crippen molar-refractivity contribution in [3.05, 3.63) is 49.4 Å². The number of rotatable bonds is 5. The molecule has 0 fully saturated rings. The van der Waals surface area contributed by atoms with E-state index in [4.69, 9.17) is 4.74 Å². The van der Waals surface area contributed by atoms with Gasteiger partial charge in [-0.05, 0) is 37.6 Å². The number of aromatic nitrogens is 1. The third-order valence-corrected chi connectivity index (χ3v) is 4.64. The molecule has 1 aromatic heterocycles. The van der Waals surface area contributed by atoms with Crippen molar-refractivity contribution in [1.29, 1.82) is 5.26 Å². The van der Waals surface area contributed by atoms with E-state index >= 15 is 0 Å². The molecule has 0 aliphatic rings. The molecule has 0 aliphatic heterocycles. The van der Waals surface area contributed by atoms with Gasteiger partial charge in [0.05, 0.1) is 11.6 Å². The number of carbonyl (C=O) groups is 1. The molecular weight excluding hydrogens is 338 g/mol. The normalized spacial score (nSPS) is 12.5. The van der Waals surface area contributed by atoms with Crippen molar-refractivity contribution in [2.45, 2.75) is 20.4 Å². The fraction of sp³-hybridized carbons (Fsp3) is 0.278. The predicted molar refractivity (Wildman–Crippen MR) is 97.8 cm³/mol. The van der Waals surface area contributed by atoms with Gasteiger partial charge in [-0.2, -0.15) is 5.26 Å². The molecular formula is C18H19N3O3S. The molecule has 0 spiro atoms. The van der Waals surface area contributed by atoms with Crippen LogP contribution in [0.15, 0.2) is 29.1 Å². The van der Waals surface area contributed by atoms with Gasteiger partial charge >= 0.3 is 0 Å². The SMILES string of the molecule is CCNC(=O)C(C#N)=c1sc(=Cc2cccc(OC)c2)c(=O)n1CC. The second-order valence-electron chi connectivity index (χ2n) is 5.09. The van der Waals surface area contributed by atoms with Crippen molar-refractivity contribution in [3.8, 4) is 11.8 Å². The summed E-state index contributed by atoms with van der Waals surface area (Å²) in [6.45, 7) is 4.37. The number of benzene rings is 1. The van der Waals surface area contributed by atoms with Gasteiger partial charge < -0.3 is 10.1 Å². The second-order valence-corrected chi connectivity index (χ2v) is 6.12. The highest BCUT2D eigenvalue weighted by Crippen LogP contribution is 2.12. The average molecular weight is 357 g/mol. The van der Waals surface area contributed by atoms with E-state index in [9.17, 15) is 14.9 Å². The fourth-order valence-electron chi connectivity index (χ4n) is 2.32. The Morgan fingerprint density at radius 1 is 1.44 bits per heavy atom. The van der Waals surface area contributed by atoms with Gasteiger partial charge in [0.25, 0.3) is 11.5 Å². The number of nitrogens with one attached hydrogen (secondary N) is 1. The molecule has 1 heterocycles. The van der Waals surface area contributed by atoms with Gasteiger partial charge in [-0.25, -0.2) is 0 Å².